The molecule has 0 fully saturated rings. The molecule has 0 aromatic rings. The topological polar surface area (TPSA) is 0 Å². The zero-order chi connectivity index (χ0) is 20.1. The molecule has 0 heteroatoms. The van der Waals surface area contributed by atoms with E-state index in [1.54, 1.807) is 0 Å². The van der Waals surface area contributed by atoms with Crippen LogP contribution in [-0.4, -0.2) is 0 Å². The Kier molecular flexibility index (Phi) is 9.80. The average molecular weight is 353 g/mol. The molecule has 0 aromatic heterocycles. The van der Waals surface area contributed by atoms with Crippen LogP contribution in [0.25, 0.3) is 0 Å². The SMILES string of the molecule is CCC(C)(C)CC(C)(C)CC(CC(C)CCC(C)C(C)(C)C)C(C)C. The first kappa shape index (κ1) is 25.0. The van der Waals surface area contributed by atoms with Crippen LogP contribution in [-0.2, 0) is 0 Å². The van der Waals surface area contributed by atoms with Crippen LogP contribution in [0, 0.1) is 39.9 Å². The molecule has 0 saturated carbocycles. The van der Waals surface area contributed by atoms with E-state index in [1.807, 2.05) is 0 Å². The third-order valence-corrected chi connectivity index (χ3v) is 6.95. The van der Waals surface area contributed by atoms with Crippen molar-refractivity contribution < 1.29 is 0 Å². The van der Waals surface area contributed by atoms with E-state index in [9.17, 15) is 0 Å². The molecule has 0 aliphatic carbocycles. The third kappa shape index (κ3) is 10.7. The van der Waals surface area contributed by atoms with Gasteiger partial charge in [0.25, 0.3) is 0 Å². The summed E-state index contributed by atoms with van der Waals surface area (Å²) in [5, 5.41) is 0. The van der Waals surface area contributed by atoms with Gasteiger partial charge in [0.15, 0.2) is 0 Å². The molecular formula is C25H52. The van der Waals surface area contributed by atoms with Gasteiger partial charge < -0.3 is 0 Å². The minimum absolute atomic E-state index is 0.449. The predicted molar refractivity (Wildman–Crippen MR) is 117 cm³/mol. The summed E-state index contributed by atoms with van der Waals surface area (Å²) < 4.78 is 0. The summed E-state index contributed by atoms with van der Waals surface area (Å²) in [5.74, 6) is 3.33. The van der Waals surface area contributed by atoms with Crippen molar-refractivity contribution in [1.29, 1.82) is 0 Å². The molecule has 0 bridgehead atoms. The van der Waals surface area contributed by atoms with Gasteiger partial charge in [-0.1, -0.05) is 95.9 Å². The molecule has 0 nitrogen and oxygen atoms in total. The molecule has 0 heterocycles. The quantitative estimate of drug-likeness (QED) is 0.348. The van der Waals surface area contributed by atoms with E-state index in [2.05, 4.69) is 83.1 Å². The second-order valence-electron chi connectivity index (χ2n) is 12.3. The lowest BCUT2D eigenvalue weighted by Gasteiger charge is -2.39. The van der Waals surface area contributed by atoms with Gasteiger partial charge in [-0.2, -0.15) is 0 Å². The van der Waals surface area contributed by atoms with Crippen LogP contribution in [0.1, 0.15) is 122 Å². The van der Waals surface area contributed by atoms with Crippen molar-refractivity contribution in [1.82, 2.24) is 0 Å². The lowest BCUT2D eigenvalue weighted by Crippen LogP contribution is -2.27. The highest BCUT2D eigenvalue weighted by Gasteiger charge is 2.31. The van der Waals surface area contributed by atoms with E-state index >= 15 is 0 Å². The number of rotatable bonds is 11. The van der Waals surface area contributed by atoms with E-state index in [4.69, 9.17) is 0 Å². The Morgan fingerprint density at radius 3 is 1.64 bits per heavy atom. The fourth-order valence-corrected chi connectivity index (χ4v) is 4.40. The molecule has 25 heavy (non-hydrogen) atoms. The predicted octanol–water partition coefficient (Wildman–Crippen LogP) is 8.99. The molecule has 0 N–H and O–H groups in total. The van der Waals surface area contributed by atoms with E-state index in [0.29, 0.717) is 16.2 Å². The van der Waals surface area contributed by atoms with E-state index in [0.717, 1.165) is 23.7 Å². The third-order valence-electron chi connectivity index (χ3n) is 6.95. The van der Waals surface area contributed by atoms with Crippen LogP contribution >= 0.6 is 0 Å². The van der Waals surface area contributed by atoms with Crippen LogP contribution in [0.15, 0.2) is 0 Å². The normalized spacial score (nSPS) is 17.6. The van der Waals surface area contributed by atoms with Gasteiger partial charge in [0.1, 0.15) is 0 Å². The summed E-state index contributed by atoms with van der Waals surface area (Å²) in [6.45, 7) is 29.2. The van der Waals surface area contributed by atoms with Crippen LogP contribution in [0.3, 0.4) is 0 Å². The van der Waals surface area contributed by atoms with Gasteiger partial charge in [0, 0.05) is 0 Å². The Labute approximate surface area is 161 Å². The van der Waals surface area contributed by atoms with Crippen molar-refractivity contribution >= 4 is 0 Å². The van der Waals surface area contributed by atoms with E-state index in [1.165, 1.54) is 38.5 Å². The Morgan fingerprint density at radius 1 is 0.720 bits per heavy atom. The van der Waals surface area contributed by atoms with Gasteiger partial charge in [-0.25, -0.2) is 0 Å². The second kappa shape index (κ2) is 9.80. The largest absolute Gasteiger partial charge is 0.0649 e. The highest BCUT2D eigenvalue weighted by Crippen LogP contribution is 2.43. The first-order valence-corrected chi connectivity index (χ1v) is 11.1. The van der Waals surface area contributed by atoms with Crippen molar-refractivity contribution in [3.05, 3.63) is 0 Å². The number of hydrogen-bond donors (Lipinski definition) is 0. The zero-order valence-corrected chi connectivity index (χ0v) is 20.1. The van der Waals surface area contributed by atoms with Crippen LogP contribution < -0.4 is 0 Å². The lowest BCUT2D eigenvalue weighted by atomic mass is 9.67. The molecule has 0 aliphatic heterocycles. The second-order valence-corrected chi connectivity index (χ2v) is 12.3. The zero-order valence-electron chi connectivity index (χ0n) is 20.1. The molecule has 3 atom stereocenters. The summed E-state index contributed by atoms with van der Waals surface area (Å²) >= 11 is 0. The van der Waals surface area contributed by atoms with Gasteiger partial charge in [-0.15, -0.1) is 0 Å². The van der Waals surface area contributed by atoms with Gasteiger partial charge >= 0.3 is 0 Å². The Morgan fingerprint density at radius 2 is 1.24 bits per heavy atom. The fourth-order valence-electron chi connectivity index (χ4n) is 4.40. The lowest BCUT2D eigenvalue weighted by molar-refractivity contribution is 0.124. The van der Waals surface area contributed by atoms with Crippen LogP contribution in [0.2, 0.25) is 0 Å². The molecule has 0 spiro atoms. The highest BCUT2D eigenvalue weighted by atomic mass is 14.4. The Hall–Kier alpha value is 0. The summed E-state index contributed by atoms with van der Waals surface area (Å²) in [4.78, 5) is 0. The van der Waals surface area contributed by atoms with Gasteiger partial charge in [0.05, 0.1) is 0 Å². The van der Waals surface area contributed by atoms with Gasteiger partial charge in [-0.05, 0) is 65.6 Å². The molecule has 0 aromatic carbocycles. The van der Waals surface area contributed by atoms with Gasteiger partial charge in [0.2, 0.25) is 0 Å². The van der Waals surface area contributed by atoms with E-state index < -0.39 is 0 Å². The summed E-state index contributed by atoms with van der Waals surface area (Å²) in [6, 6.07) is 0. The smallest absolute Gasteiger partial charge is 0.0346 e. The first-order valence-electron chi connectivity index (χ1n) is 11.1. The molecule has 3 unspecified atom stereocenters. The van der Waals surface area contributed by atoms with Crippen molar-refractivity contribution in [2.24, 2.45) is 39.9 Å². The van der Waals surface area contributed by atoms with Crippen molar-refractivity contribution in [2.75, 3.05) is 0 Å². The maximum absolute atomic E-state index is 2.51. The standard InChI is InChI=1S/C25H52/c1-13-24(9,10)18-25(11,12)17-22(19(2)3)16-20(4)14-15-21(5)23(6,7)8/h19-22H,13-18H2,1-12H3. The fraction of sp³-hybridized carbons (Fsp3) is 1.00. The van der Waals surface area contributed by atoms with Crippen LogP contribution in [0.5, 0.6) is 0 Å². The van der Waals surface area contributed by atoms with Crippen molar-refractivity contribution in [3.8, 4) is 0 Å². The van der Waals surface area contributed by atoms with Crippen molar-refractivity contribution in [2.45, 2.75) is 122 Å². The van der Waals surface area contributed by atoms with E-state index in [-0.39, 0.29) is 0 Å². The monoisotopic (exact) mass is 352 g/mol. The Bertz CT molecular complexity index is 353. The molecule has 0 rings (SSSR count). The van der Waals surface area contributed by atoms with Crippen molar-refractivity contribution in [3.63, 3.8) is 0 Å². The minimum Gasteiger partial charge on any atom is -0.0649 e. The number of hydrogen-bond acceptors (Lipinski definition) is 0. The molecular weight excluding hydrogens is 300 g/mol. The Balaban J connectivity index is 4.70. The average Bonchev–Trinajstić information content (AvgIpc) is 2.41. The van der Waals surface area contributed by atoms with Gasteiger partial charge in [-0.3, -0.25) is 0 Å². The molecule has 0 saturated heterocycles. The summed E-state index contributed by atoms with van der Waals surface area (Å²) in [5.41, 5.74) is 1.37. The maximum atomic E-state index is 2.51. The highest BCUT2D eigenvalue weighted by molar-refractivity contribution is 4.82. The molecule has 0 aliphatic rings. The minimum atomic E-state index is 0.449. The van der Waals surface area contributed by atoms with Crippen LogP contribution in [0.4, 0.5) is 0 Å². The molecule has 0 radical (unpaired) electrons. The first-order chi connectivity index (χ1) is 11.1. The summed E-state index contributed by atoms with van der Waals surface area (Å²) in [7, 11) is 0. The maximum Gasteiger partial charge on any atom is -0.0346 e. The molecule has 152 valence electrons. The molecule has 0 amide bonds. The summed E-state index contributed by atoms with van der Waals surface area (Å²) in [6.07, 6.45) is 8.18.